The van der Waals surface area contributed by atoms with Crippen LogP contribution in [-0.4, -0.2) is 10.9 Å². The molecule has 0 bridgehead atoms. The fourth-order valence-electron chi connectivity index (χ4n) is 1.43. The zero-order chi connectivity index (χ0) is 10.9. The van der Waals surface area contributed by atoms with Crippen molar-refractivity contribution < 1.29 is 4.79 Å². The Balaban J connectivity index is 3.29. The third kappa shape index (κ3) is 2.10. The maximum absolute atomic E-state index is 11.0. The number of aromatic nitrogens is 1. The molecule has 3 heteroatoms. The smallest absolute Gasteiger partial charge is 0.250 e. The second kappa shape index (κ2) is 3.40. The Labute approximate surface area is 84.3 Å². The monoisotopic (exact) mass is 192 g/mol. The fourth-order valence-corrected chi connectivity index (χ4v) is 1.43. The highest BCUT2D eigenvalue weighted by molar-refractivity contribution is 5.92. The van der Waals surface area contributed by atoms with Crippen LogP contribution in [0.5, 0.6) is 0 Å². The fraction of sp³-hybridized carbons (Fsp3) is 0.455. The van der Waals surface area contributed by atoms with Crippen molar-refractivity contribution in [3.63, 3.8) is 0 Å². The van der Waals surface area contributed by atoms with Gasteiger partial charge in [-0.05, 0) is 24.0 Å². The van der Waals surface area contributed by atoms with Gasteiger partial charge in [-0.3, -0.25) is 9.78 Å². The molecule has 0 aliphatic heterocycles. The second-order valence-corrected chi connectivity index (χ2v) is 4.47. The zero-order valence-electron chi connectivity index (χ0n) is 9.09. The van der Waals surface area contributed by atoms with Gasteiger partial charge in [-0.2, -0.15) is 0 Å². The highest BCUT2D eigenvalue weighted by atomic mass is 16.1. The van der Waals surface area contributed by atoms with Crippen molar-refractivity contribution >= 4 is 5.91 Å². The van der Waals surface area contributed by atoms with Gasteiger partial charge in [-0.1, -0.05) is 20.8 Å². The molecule has 76 valence electrons. The van der Waals surface area contributed by atoms with E-state index in [4.69, 9.17) is 5.73 Å². The molecule has 0 saturated carbocycles. The maximum atomic E-state index is 11.0. The zero-order valence-corrected chi connectivity index (χ0v) is 9.09. The average Bonchev–Trinajstić information content (AvgIpc) is 2.02. The maximum Gasteiger partial charge on any atom is 0.250 e. The molecule has 0 aromatic carbocycles. The number of nitrogens with two attached hydrogens (primary N) is 1. The summed E-state index contributed by atoms with van der Waals surface area (Å²) in [6, 6.07) is 1.82. The van der Waals surface area contributed by atoms with Crippen molar-refractivity contribution in [3.8, 4) is 0 Å². The van der Waals surface area contributed by atoms with E-state index in [1.807, 2.05) is 13.0 Å². The van der Waals surface area contributed by atoms with Crippen LogP contribution in [0.1, 0.15) is 42.4 Å². The summed E-state index contributed by atoms with van der Waals surface area (Å²) in [5.74, 6) is -0.428. The van der Waals surface area contributed by atoms with E-state index in [0.29, 0.717) is 5.56 Å². The molecule has 0 saturated heterocycles. The van der Waals surface area contributed by atoms with Gasteiger partial charge in [0.2, 0.25) is 5.91 Å². The number of carbonyl (C=O) groups excluding carboxylic acids is 1. The first-order chi connectivity index (χ1) is 6.32. The lowest BCUT2D eigenvalue weighted by Gasteiger charge is -2.21. The standard InChI is InChI=1S/C11H16N2O/c1-7-9(11(2,3)4)5-8(6-13-7)10(12)14/h5-6H,1-4H3,(H2,12,14). The predicted octanol–water partition coefficient (Wildman–Crippen LogP) is 1.79. The highest BCUT2D eigenvalue weighted by Gasteiger charge is 2.18. The summed E-state index contributed by atoms with van der Waals surface area (Å²) < 4.78 is 0. The summed E-state index contributed by atoms with van der Waals surface area (Å²) >= 11 is 0. The molecule has 1 amide bonds. The minimum atomic E-state index is -0.428. The van der Waals surface area contributed by atoms with Crippen LogP contribution in [0.25, 0.3) is 0 Å². The van der Waals surface area contributed by atoms with E-state index in [1.165, 1.54) is 6.20 Å². The molecule has 3 nitrogen and oxygen atoms in total. The molecule has 2 N–H and O–H groups in total. The van der Waals surface area contributed by atoms with Crippen LogP contribution in [0.2, 0.25) is 0 Å². The van der Waals surface area contributed by atoms with E-state index >= 15 is 0 Å². The lowest BCUT2D eigenvalue weighted by molar-refractivity contribution is 0.1000. The molecule has 14 heavy (non-hydrogen) atoms. The molecule has 1 aromatic rings. The molecule has 0 radical (unpaired) electrons. The Bertz CT molecular complexity index is 364. The van der Waals surface area contributed by atoms with Gasteiger partial charge in [-0.25, -0.2) is 0 Å². The number of pyridine rings is 1. The molecule has 1 aromatic heterocycles. The van der Waals surface area contributed by atoms with Crippen LogP contribution in [0, 0.1) is 6.92 Å². The van der Waals surface area contributed by atoms with E-state index in [9.17, 15) is 4.79 Å². The summed E-state index contributed by atoms with van der Waals surface area (Å²) in [6.07, 6.45) is 1.52. The van der Waals surface area contributed by atoms with Crippen LogP contribution >= 0.6 is 0 Å². The molecule has 0 fully saturated rings. The van der Waals surface area contributed by atoms with E-state index in [-0.39, 0.29) is 5.41 Å². The molecule has 0 aliphatic carbocycles. The summed E-state index contributed by atoms with van der Waals surface area (Å²) in [4.78, 5) is 15.1. The van der Waals surface area contributed by atoms with Gasteiger partial charge >= 0.3 is 0 Å². The Morgan fingerprint density at radius 2 is 2.00 bits per heavy atom. The van der Waals surface area contributed by atoms with Crippen molar-refractivity contribution in [2.45, 2.75) is 33.1 Å². The van der Waals surface area contributed by atoms with E-state index in [1.54, 1.807) is 0 Å². The van der Waals surface area contributed by atoms with Crippen molar-refractivity contribution in [1.29, 1.82) is 0 Å². The first kappa shape index (κ1) is 10.7. The number of aryl methyl sites for hydroxylation is 1. The second-order valence-electron chi connectivity index (χ2n) is 4.47. The Morgan fingerprint density at radius 3 is 2.43 bits per heavy atom. The van der Waals surface area contributed by atoms with Crippen LogP contribution in [-0.2, 0) is 5.41 Å². The van der Waals surface area contributed by atoms with Crippen LogP contribution in [0.4, 0.5) is 0 Å². The summed E-state index contributed by atoms with van der Waals surface area (Å²) in [5, 5.41) is 0. The van der Waals surface area contributed by atoms with E-state index in [0.717, 1.165) is 11.3 Å². The third-order valence-electron chi connectivity index (χ3n) is 2.18. The lowest BCUT2D eigenvalue weighted by atomic mass is 9.85. The summed E-state index contributed by atoms with van der Waals surface area (Å²) in [7, 11) is 0. The van der Waals surface area contributed by atoms with Gasteiger partial charge < -0.3 is 5.73 Å². The SMILES string of the molecule is Cc1ncc(C(N)=O)cc1C(C)(C)C. The van der Waals surface area contributed by atoms with Gasteiger partial charge in [0.25, 0.3) is 0 Å². The van der Waals surface area contributed by atoms with Gasteiger partial charge in [-0.15, -0.1) is 0 Å². The summed E-state index contributed by atoms with van der Waals surface area (Å²) in [5.41, 5.74) is 7.67. The molecule has 1 rings (SSSR count). The van der Waals surface area contributed by atoms with Crippen LogP contribution in [0.3, 0.4) is 0 Å². The number of amides is 1. The summed E-state index contributed by atoms with van der Waals surface area (Å²) in [6.45, 7) is 8.19. The van der Waals surface area contributed by atoms with Crippen molar-refractivity contribution in [1.82, 2.24) is 4.98 Å². The minimum absolute atomic E-state index is 0.0114. The number of nitrogens with zero attached hydrogens (tertiary/aromatic N) is 1. The Kier molecular flexibility index (Phi) is 2.60. The molecule has 1 heterocycles. The van der Waals surface area contributed by atoms with Crippen molar-refractivity contribution in [3.05, 3.63) is 29.1 Å². The van der Waals surface area contributed by atoms with Gasteiger partial charge in [0.15, 0.2) is 0 Å². The number of carbonyl (C=O) groups is 1. The molecule has 0 unspecified atom stereocenters. The first-order valence-corrected chi connectivity index (χ1v) is 4.59. The Morgan fingerprint density at radius 1 is 1.43 bits per heavy atom. The number of rotatable bonds is 1. The molecule has 0 atom stereocenters. The quantitative estimate of drug-likeness (QED) is 0.737. The van der Waals surface area contributed by atoms with Gasteiger partial charge in [0.1, 0.15) is 0 Å². The number of hydrogen-bond acceptors (Lipinski definition) is 2. The lowest BCUT2D eigenvalue weighted by Crippen LogP contribution is -2.18. The van der Waals surface area contributed by atoms with Crippen molar-refractivity contribution in [2.75, 3.05) is 0 Å². The van der Waals surface area contributed by atoms with E-state index in [2.05, 4.69) is 25.8 Å². The normalized spacial score (nSPS) is 11.4. The van der Waals surface area contributed by atoms with Gasteiger partial charge in [0.05, 0.1) is 5.56 Å². The number of hydrogen-bond donors (Lipinski definition) is 1. The molecular formula is C11H16N2O. The molecular weight excluding hydrogens is 176 g/mol. The topological polar surface area (TPSA) is 56.0 Å². The average molecular weight is 192 g/mol. The van der Waals surface area contributed by atoms with Crippen LogP contribution in [0.15, 0.2) is 12.3 Å². The van der Waals surface area contributed by atoms with Crippen molar-refractivity contribution in [2.24, 2.45) is 5.73 Å². The Hall–Kier alpha value is -1.38. The van der Waals surface area contributed by atoms with E-state index < -0.39 is 5.91 Å². The van der Waals surface area contributed by atoms with Gasteiger partial charge in [0, 0.05) is 11.9 Å². The minimum Gasteiger partial charge on any atom is -0.366 e. The largest absolute Gasteiger partial charge is 0.366 e. The number of primary amides is 1. The highest BCUT2D eigenvalue weighted by Crippen LogP contribution is 2.24. The van der Waals surface area contributed by atoms with Crippen LogP contribution < -0.4 is 5.73 Å². The molecule has 0 spiro atoms. The molecule has 0 aliphatic rings. The predicted molar refractivity (Wildman–Crippen MR) is 56.2 cm³/mol. The first-order valence-electron chi connectivity index (χ1n) is 4.59. The third-order valence-corrected chi connectivity index (χ3v) is 2.18.